The normalized spacial score (nSPS) is 10.3. The number of alkyl halides is 3. The molecule has 1 N–H and O–H groups in total. The number of nitrogens with one attached hydrogen (secondary N) is 1. The first-order valence-electron chi connectivity index (χ1n) is 6.61. The van der Waals surface area contributed by atoms with Crippen molar-refractivity contribution in [2.24, 2.45) is 0 Å². The molecule has 0 saturated heterocycles. The second kappa shape index (κ2) is 7.56. The maximum atomic E-state index is 12.7. The number of nitrogens with zero attached hydrogens (tertiary/aromatic N) is 3. The van der Waals surface area contributed by atoms with E-state index in [1.54, 1.807) is 24.3 Å². The second-order valence-corrected chi connectivity index (χ2v) is 4.95. The van der Waals surface area contributed by atoms with Gasteiger partial charge in [-0.2, -0.15) is 23.7 Å². The molecular weight excluding hydrogens is 357 g/mol. The van der Waals surface area contributed by atoms with Crippen molar-refractivity contribution >= 4 is 17.3 Å². The lowest BCUT2D eigenvalue weighted by Crippen LogP contribution is -2.05. The Labute approximate surface area is 145 Å². The van der Waals surface area contributed by atoms with Crippen LogP contribution in [0.1, 0.15) is 5.56 Å². The van der Waals surface area contributed by atoms with Crippen molar-refractivity contribution in [3.8, 4) is 23.8 Å². The molecule has 0 aliphatic carbocycles. The van der Waals surface area contributed by atoms with Crippen LogP contribution >= 0.6 is 11.6 Å². The van der Waals surface area contributed by atoms with Crippen LogP contribution in [0.5, 0.6) is 11.6 Å². The molecule has 0 amide bonds. The topological polar surface area (TPSA) is 81.7 Å². The molecule has 2 rings (SSSR count). The van der Waals surface area contributed by atoms with Crippen LogP contribution < -0.4 is 10.1 Å². The fourth-order valence-electron chi connectivity index (χ4n) is 1.67. The van der Waals surface area contributed by atoms with Crippen molar-refractivity contribution in [3.63, 3.8) is 0 Å². The van der Waals surface area contributed by atoms with E-state index >= 15 is 0 Å². The van der Waals surface area contributed by atoms with Gasteiger partial charge in [0.2, 0.25) is 5.88 Å². The highest BCUT2D eigenvalue weighted by atomic mass is 35.5. The van der Waals surface area contributed by atoms with Crippen LogP contribution in [-0.2, 0) is 6.18 Å². The highest BCUT2D eigenvalue weighted by Crippen LogP contribution is 2.33. The Bertz CT molecular complexity index is 864. The summed E-state index contributed by atoms with van der Waals surface area (Å²) in [6, 6.07) is 10.9. The molecular formula is C16H8ClF3N4O. The van der Waals surface area contributed by atoms with Crippen molar-refractivity contribution in [3.05, 3.63) is 58.9 Å². The second-order valence-electron chi connectivity index (χ2n) is 4.57. The van der Waals surface area contributed by atoms with Crippen LogP contribution in [0, 0.1) is 22.7 Å². The number of aromatic nitrogens is 1. The predicted molar refractivity (Wildman–Crippen MR) is 83.7 cm³/mol. The van der Waals surface area contributed by atoms with Crippen molar-refractivity contribution in [1.82, 2.24) is 4.98 Å². The van der Waals surface area contributed by atoms with E-state index in [0.717, 1.165) is 6.07 Å². The van der Waals surface area contributed by atoms with Gasteiger partial charge >= 0.3 is 6.18 Å². The smallest absolute Gasteiger partial charge is 0.416 e. The van der Waals surface area contributed by atoms with Crippen LogP contribution in [0.25, 0.3) is 0 Å². The average Bonchev–Trinajstić information content (AvgIpc) is 2.56. The van der Waals surface area contributed by atoms with Gasteiger partial charge in [-0.25, -0.2) is 4.98 Å². The number of pyridine rings is 1. The molecule has 0 spiro atoms. The van der Waals surface area contributed by atoms with E-state index < -0.39 is 11.7 Å². The molecule has 0 aliphatic rings. The molecule has 0 unspecified atom stereocenters. The number of allylic oxidation sites excluding steroid dienone is 1. The van der Waals surface area contributed by atoms with Crippen molar-refractivity contribution in [2.45, 2.75) is 6.18 Å². The number of halogens is 4. The zero-order valence-corrected chi connectivity index (χ0v) is 13.1. The van der Waals surface area contributed by atoms with Crippen LogP contribution in [-0.4, -0.2) is 4.98 Å². The van der Waals surface area contributed by atoms with Crippen molar-refractivity contribution in [2.75, 3.05) is 5.32 Å². The molecule has 1 heterocycles. The number of benzene rings is 1. The van der Waals surface area contributed by atoms with E-state index in [4.69, 9.17) is 26.9 Å². The fourth-order valence-corrected chi connectivity index (χ4v) is 1.87. The van der Waals surface area contributed by atoms with Crippen molar-refractivity contribution in [1.29, 1.82) is 10.5 Å². The number of rotatable bonds is 4. The largest absolute Gasteiger partial charge is 0.439 e. The molecule has 0 aliphatic heterocycles. The molecule has 126 valence electrons. The molecule has 0 saturated carbocycles. The zero-order valence-electron chi connectivity index (χ0n) is 12.3. The van der Waals surface area contributed by atoms with Gasteiger partial charge in [0, 0.05) is 18.0 Å². The molecule has 1 aromatic heterocycles. The summed E-state index contributed by atoms with van der Waals surface area (Å²) in [5.74, 6) is -0.0603. The van der Waals surface area contributed by atoms with E-state index in [1.807, 2.05) is 0 Å². The molecule has 0 radical (unpaired) electrons. The Morgan fingerprint density at radius 1 is 1.16 bits per heavy atom. The summed E-state index contributed by atoms with van der Waals surface area (Å²) in [5, 5.41) is 19.6. The third-order valence-corrected chi connectivity index (χ3v) is 2.99. The van der Waals surface area contributed by atoms with E-state index in [2.05, 4.69) is 10.3 Å². The Kier molecular flexibility index (Phi) is 5.48. The summed E-state index contributed by atoms with van der Waals surface area (Å²) in [7, 11) is 0. The third-order valence-electron chi connectivity index (χ3n) is 2.80. The molecule has 5 nitrogen and oxygen atoms in total. The molecule has 25 heavy (non-hydrogen) atoms. The standard InChI is InChI=1S/C16H8ClF3N4O/c17-14-5-11(16(18,19)20)6-15(24-14)25-13-3-1-12(2-4-13)23-9-10(7-21)8-22/h1-6,9,23H. The van der Waals surface area contributed by atoms with E-state index in [-0.39, 0.29) is 22.4 Å². The van der Waals surface area contributed by atoms with Gasteiger partial charge in [-0.1, -0.05) is 11.6 Å². The number of hydrogen-bond donors (Lipinski definition) is 1. The highest BCUT2D eigenvalue weighted by Gasteiger charge is 2.31. The maximum absolute atomic E-state index is 12.7. The Balaban J connectivity index is 2.15. The quantitative estimate of drug-likeness (QED) is 0.617. The first-order valence-corrected chi connectivity index (χ1v) is 6.99. The minimum absolute atomic E-state index is 0.108. The SMILES string of the molecule is N#CC(C#N)=CNc1ccc(Oc2cc(C(F)(F)F)cc(Cl)n2)cc1. The first kappa shape index (κ1) is 18.1. The van der Waals surface area contributed by atoms with Gasteiger partial charge in [-0.15, -0.1) is 0 Å². The average molecular weight is 365 g/mol. The Morgan fingerprint density at radius 3 is 2.36 bits per heavy atom. The number of nitriles is 2. The summed E-state index contributed by atoms with van der Waals surface area (Å²) in [6.45, 7) is 0. The third kappa shape index (κ3) is 5.13. The predicted octanol–water partition coefficient (Wildman–Crippen LogP) is 4.89. The fraction of sp³-hybridized carbons (Fsp3) is 0.0625. The van der Waals surface area contributed by atoms with Gasteiger partial charge in [0.15, 0.2) is 0 Å². The Morgan fingerprint density at radius 2 is 1.80 bits per heavy atom. The molecule has 9 heteroatoms. The van der Waals surface area contributed by atoms with E-state index in [1.165, 1.54) is 18.3 Å². The number of anilines is 1. The number of hydrogen-bond acceptors (Lipinski definition) is 5. The molecule has 1 aromatic carbocycles. The first-order chi connectivity index (χ1) is 11.8. The van der Waals surface area contributed by atoms with Crippen LogP contribution in [0.3, 0.4) is 0 Å². The maximum Gasteiger partial charge on any atom is 0.416 e. The van der Waals surface area contributed by atoms with Crippen molar-refractivity contribution < 1.29 is 17.9 Å². The molecule has 0 fully saturated rings. The minimum atomic E-state index is -4.57. The minimum Gasteiger partial charge on any atom is -0.439 e. The monoisotopic (exact) mass is 364 g/mol. The van der Waals surface area contributed by atoms with Crippen LogP contribution in [0.15, 0.2) is 48.2 Å². The van der Waals surface area contributed by atoms with Gasteiger partial charge in [-0.05, 0) is 30.3 Å². The van der Waals surface area contributed by atoms with Gasteiger partial charge in [0.1, 0.15) is 28.6 Å². The summed E-state index contributed by atoms with van der Waals surface area (Å²) < 4.78 is 43.5. The lowest BCUT2D eigenvalue weighted by Gasteiger charge is -2.10. The molecule has 0 atom stereocenters. The highest BCUT2D eigenvalue weighted by molar-refractivity contribution is 6.29. The lowest BCUT2D eigenvalue weighted by molar-refractivity contribution is -0.137. The Hall–Kier alpha value is -3.23. The number of ether oxygens (including phenoxy) is 1. The zero-order chi connectivity index (χ0) is 18.4. The molecule has 0 bridgehead atoms. The van der Waals surface area contributed by atoms with Gasteiger partial charge < -0.3 is 10.1 Å². The lowest BCUT2D eigenvalue weighted by atomic mass is 10.2. The van der Waals surface area contributed by atoms with E-state index in [9.17, 15) is 13.2 Å². The van der Waals surface area contributed by atoms with Crippen LogP contribution in [0.2, 0.25) is 5.15 Å². The summed E-state index contributed by atoms with van der Waals surface area (Å²) >= 11 is 5.59. The summed E-state index contributed by atoms with van der Waals surface area (Å²) in [6.07, 6.45) is -3.34. The van der Waals surface area contributed by atoms with Gasteiger partial charge in [-0.3, -0.25) is 0 Å². The summed E-state index contributed by atoms with van der Waals surface area (Å²) in [4.78, 5) is 3.69. The van der Waals surface area contributed by atoms with Gasteiger partial charge in [0.25, 0.3) is 0 Å². The van der Waals surface area contributed by atoms with Gasteiger partial charge in [0.05, 0.1) is 5.56 Å². The molecule has 2 aromatic rings. The van der Waals surface area contributed by atoms with Crippen LogP contribution in [0.4, 0.5) is 18.9 Å². The van der Waals surface area contributed by atoms with E-state index in [0.29, 0.717) is 11.8 Å². The summed E-state index contributed by atoms with van der Waals surface area (Å²) in [5.41, 5.74) is -0.528.